The molecular weight excluding hydrogens is 372 g/mol. The van der Waals surface area contributed by atoms with Crippen molar-refractivity contribution in [2.75, 3.05) is 12.4 Å². The lowest BCUT2D eigenvalue weighted by atomic mass is 9.97. The molecule has 7 nitrogen and oxygen atoms in total. The predicted octanol–water partition coefficient (Wildman–Crippen LogP) is 3.12. The Kier molecular flexibility index (Phi) is 5.31. The number of aliphatic carboxylic acids is 1. The molecule has 2 N–H and O–H groups in total. The fraction of sp³-hybridized carbons (Fsp3) is 0.211. The average molecular weight is 387 g/mol. The normalized spacial score (nSPS) is 18.6. The minimum absolute atomic E-state index is 0.279. The van der Waals surface area contributed by atoms with Crippen molar-refractivity contribution in [1.82, 2.24) is 0 Å². The summed E-state index contributed by atoms with van der Waals surface area (Å²) in [7, 11) is 1.47. The summed E-state index contributed by atoms with van der Waals surface area (Å²) >= 11 is 6.43. The van der Waals surface area contributed by atoms with Crippen molar-refractivity contribution in [1.29, 1.82) is 5.26 Å². The molecule has 0 fully saturated rings. The summed E-state index contributed by atoms with van der Waals surface area (Å²) in [6.45, 7) is 0. The summed E-state index contributed by atoms with van der Waals surface area (Å²) in [5.41, 5.74) is 1.80. The number of nitrogens with one attached hydrogen (secondary N) is 1. The summed E-state index contributed by atoms with van der Waals surface area (Å²) in [4.78, 5) is 23.6. The Morgan fingerprint density at radius 1 is 1.37 bits per heavy atom. The maximum atomic E-state index is 12.4. The molecule has 1 amide bonds. The molecule has 1 heterocycles. The molecule has 2 aromatic carbocycles. The lowest BCUT2D eigenvalue weighted by Gasteiger charge is -2.22. The molecule has 3 rings (SSSR count). The number of amides is 1. The summed E-state index contributed by atoms with van der Waals surface area (Å²) < 4.78 is 11.1. The zero-order valence-electron chi connectivity index (χ0n) is 14.2. The smallest absolute Gasteiger partial charge is 0.306 e. The predicted molar refractivity (Wildman–Crippen MR) is 96.8 cm³/mol. The first kappa shape index (κ1) is 18.7. The first-order valence-corrected chi connectivity index (χ1v) is 8.37. The van der Waals surface area contributed by atoms with E-state index in [4.69, 9.17) is 26.2 Å². The van der Waals surface area contributed by atoms with Gasteiger partial charge in [-0.1, -0.05) is 23.7 Å². The van der Waals surface area contributed by atoms with E-state index in [9.17, 15) is 14.9 Å². The lowest BCUT2D eigenvalue weighted by Crippen LogP contribution is -2.31. The quantitative estimate of drug-likeness (QED) is 0.835. The van der Waals surface area contributed by atoms with Gasteiger partial charge in [0.25, 0.3) is 5.91 Å². The monoisotopic (exact) mass is 386 g/mol. The molecule has 0 aliphatic carbocycles. The Hall–Kier alpha value is -3.08. The van der Waals surface area contributed by atoms with Crippen molar-refractivity contribution in [3.05, 3.63) is 58.1 Å². The number of rotatable bonds is 4. The Labute approximate surface area is 160 Å². The van der Waals surface area contributed by atoms with Gasteiger partial charge in [-0.15, -0.1) is 0 Å². The maximum Gasteiger partial charge on any atom is 0.306 e. The highest BCUT2D eigenvalue weighted by Crippen LogP contribution is 2.41. The van der Waals surface area contributed by atoms with Crippen LogP contribution in [0.15, 0.2) is 36.4 Å². The molecule has 138 valence electrons. The number of benzene rings is 2. The summed E-state index contributed by atoms with van der Waals surface area (Å²) in [6, 6.07) is 11.8. The van der Waals surface area contributed by atoms with E-state index in [0.29, 0.717) is 28.1 Å². The third kappa shape index (κ3) is 3.72. The number of nitrogens with zero attached hydrogens (tertiary/aromatic N) is 1. The Morgan fingerprint density at radius 3 is 2.81 bits per heavy atom. The van der Waals surface area contributed by atoms with Gasteiger partial charge in [0.05, 0.1) is 30.2 Å². The van der Waals surface area contributed by atoms with Gasteiger partial charge in [0.1, 0.15) is 18.0 Å². The molecule has 1 aliphatic heterocycles. The van der Waals surface area contributed by atoms with E-state index in [0.717, 1.165) is 0 Å². The molecule has 2 atom stereocenters. The average Bonchev–Trinajstić information content (AvgIpc) is 2.78. The zero-order valence-corrected chi connectivity index (χ0v) is 15.0. The van der Waals surface area contributed by atoms with Gasteiger partial charge < -0.3 is 19.9 Å². The van der Waals surface area contributed by atoms with E-state index in [-0.39, 0.29) is 5.02 Å². The highest BCUT2D eigenvalue weighted by molar-refractivity contribution is 6.33. The minimum Gasteiger partial charge on any atom is -0.495 e. The summed E-state index contributed by atoms with van der Waals surface area (Å²) in [5.74, 6) is -1.34. The van der Waals surface area contributed by atoms with Gasteiger partial charge in [0.2, 0.25) is 0 Å². The van der Waals surface area contributed by atoms with Crippen LogP contribution in [0.4, 0.5) is 5.69 Å². The number of anilines is 1. The minimum atomic E-state index is -1.23. The fourth-order valence-electron chi connectivity index (χ4n) is 2.90. The van der Waals surface area contributed by atoms with Gasteiger partial charge in [-0.05, 0) is 24.3 Å². The molecule has 0 aromatic heterocycles. The highest BCUT2D eigenvalue weighted by Gasteiger charge is 2.34. The van der Waals surface area contributed by atoms with Crippen molar-refractivity contribution in [3.63, 3.8) is 0 Å². The van der Waals surface area contributed by atoms with E-state index in [2.05, 4.69) is 5.32 Å². The third-order valence-corrected chi connectivity index (χ3v) is 4.57. The zero-order chi connectivity index (χ0) is 19.6. The number of ether oxygens (including phenoxy) is 2. The number of hydrogen-bond donors (Lipinski definition) is 2. The summed E-state index contributed by atoms with van der Waals surface area (Å²) in [6.07, 6.45) is -2.60. The first-order valence-electron chi connectivity index (χ1n) is 7.99. The molecule has 0 saturated carbocycles. The SMILES string of the molecule is COc1cccc([C@@H]2O[C@@H](CC(=O)O)C(=O)Nc3ccc(C#N)cc32)c1Cl. The number of methoxy groups -OCH3 is 1. The second-order valence-corrected chi connectivity index (χ2v) is 6.25. The highest BCUT2D eigenvalue weighted by atomic mass is 35.5. The molecule has 2 aromatic rings. The number of nitriles is 1. The van der Waals surface area contributed by atoms with Gasteiger partial charge in [-0.25, -0.2) is 0 Å². The number of halogens is 1. The largest absolute Gasteiger partial charge is 0.495 e. The number of fused-ring (bicyclic) bond motifs is 1. The van der Waals surface area contributed by atoms with Crippen LogP contribution in [0.25, 0.3) is 0 Å². The van der Waals surface area contributed by atoms with Crippen molar-refractivity contribution in [3.8, 4) is 11.8 Å². The molecule has 0 spiro atoms. The second kappa shape index (κ2) is 7.66. The van der Waals surface area contributed by atoms with Crippen LogP contribution < -0.4 is 10.1 Å². The number of carboxylic acid groups (broad SMARTS) is 1. The molecule has 0 unspecified atom stereocenters. The van der Waals surface area contributed by atoms with Crippen LogP contribution in [0.3, 0.4) is 0 Å². The van der Waals surface area contributed by atoms with Crippen molar-refractivity contribution in [2.24, 2.45) is 0 Å². The molecule has 8 heteroatoms. The van der Waals surface area contributed by atoms with E-state index in [1.165, 1.54) is 7.11 Å². The van der Waals surface area contributed by atoms with E-state index < -0.39 is 30.5 Å². The Morgan fingerprint density at radius 2 is 2.15 bits per heavy atom. The number of carbonyl (C=O) groups is 2. The van der Waals surface area contributed by atoms with Gasteiger partial charge >= 0.3 is 5.97 Å². The molecular formula is C19H15ClN2O5. The van der Waals surface area contributed by atoms with Crippen molar-refractivity contribution >= 4 is 29.2 Å². The van der Waals surface area contributed by atoms with Crippen molar-refractivity contribution in [2.45, 2.75) is 18.6 Å². The molecule has 0 radical (unpaired) electrons. The van der Waals surface area contributed by atoms with Crippen molar-refractivity contribution < 1.29 is 24.2 Å². The number of carbonyl (C=O) groups excluding carboxylic acids is 1. The van der Waals surface area contributed by atoms with Crippen LogP contribution in [0.1, 0.15) is 29.2 Å². The number of carboxylic acids is 1. The number of hydrogen-bond acceptors (Lipinski definition) is 5. The van der Waals surface area contributed by atoms with E-state index in [1.54, 1.807) is 36.4 Å². The van der Waals surface area contributed by atoms with Gasteiger partial charge in [-0.3, -0.25) is 9.59 Å². The molecule has 0 saturated heterocycles. The summed E-state index contributed by atoms with van der Waals surface area (Å²) in [5, 5.41) is 21.3. The Bertz CT molecular complexity index is 954. The third-order valence-electron chi connectivity index (χ3n) is 4.17. The van der Waals surface area contributed by atoms with Crippen LogP contribution in [-0.4, -0.2) is 30.2 Å². The van der Waals surface area contributed by atoms with Crippen LogP contribution in [0.2, 0.25) is 5.02 Å². The Balaban J connectivity index is 2.18. The van der Waals surface area contributed by atoms with Crippen LogP contribution in [0, 0.1) is 11.3 Å². The van der Waals surface area contributed by atoms with Gasteiger partial charge in [0, 0.05) is 16.8 Å². The molecule has 1 aliphatic rings. The first-order chi connectivity index (χ1) is 12.9. The standard InChI is InChI=1S/C19H15ClN2O5/c1-26-14-4-2-3-11(17(14)20)18-12-7-10(9-21)5-6-13(12)22-19(25)15(27-18)8-16(23)24/h2-7,15,18H,8H2,1H3,(H,22,25)(H,23,24)/t15-,18-/m0/s1. The van der Waals surface area contributed by atoms with Gasteiger partial charge in [-0.2, -0.15) is 5.26 Å². The topological polar surface area (TPSA) is 109 Å². The molecule has 0 bridgehead atoms. The van der Waals surface area contributed by atoms with Crippen LogP contribution in [0.5, 0.6) is 5.75 Å². The van der Waals surface area contributed by atoms with Gasteiger partial charge in [0.15, 0.2) is 0 Å². The molecule has 27 heavy (non-hydrogen) atoms. The van der Waals surface area contributed by atoms with E-state index in [1.807, 2.05) is 6.07 Å². The van der Waals surface area contributed by atoms with Crippen LogP contribution in [-0.2, 0) is 14.3 Å². The van der Waals surface area contributed by atoms with Crippen LogP contribution >= 0.6 is 11.6 Å². The fourth-order valence-corrected chi connectivity index (χ4v) is 3.21. The lowest BCUT2D eigenvalue weighted by molar-refractivity contribution is -0.146. The second-order valence-electron chi connectivity index (χ2n) is 5.87. The maximum absolute atomic E-state index is 12.4. The van der Waals surface area contributed by atoms with E-state index >= 15 is 0 Å².